The van der Waals surface area contributed by atoms with Crippen molar-refractivity contribution < 1.29 is 14.2 Å². The first-order valence-electron chi connectivity index (χ1n) is 2.78. The van der Waals surface area contributed by atoms with E-state index in [9.17, 15) is 0 Å². The SMILES string of the molecule is C1OC[C@@H]2O[C@@H]2CO1. The Balaban J connectivity index is 1.89. The predicted octanol–water partition coefficient (Wildman–Crippen LogP) is -0.242. The molecule has 0 N–H and O–H groups in total. The highest BCUT2D eigenvalue weighted by molar-refractivity contribution is 4.84. The molecule has 0 radical (unpaired) electrons. The molecule has 3 heteroatoms. The van der Waals surface area contributed by atoms with E-state index in [0.717, 1.165) is 0 Å². The zero-order valence-corrected chi connectivity index (χ0v) is 4.50. The number of rotatable bonds is 0. The molecule has 0 spiro atoms. The Kier molecular flexibility index (Phi) is 0.997. The van der Waals surface area contributed by atoms with Crippen molar-refractivity contribution in [1.82, 2.24) is 0 Å². The lowest BCUT2D eigenvalue weighted by atomic mass is 10.3. The summed E-state index contributed by atoms with van der Waals surface area (Å²) in [6.45, 7) is 1.87. The third-order valence-electron chi connectivity index (χ3n) is 1.42. The average molecular weight is 116 g/mol. The molecular weight excluding hydrogens is 108 g/mol. The normalized spacial score (nSPS) is 45.0. The fourth-order valence-electron chi connectivity index (χ4n) is 0.860. The van der Waals surface area contributed by atoms with Crippen molar-refractivity contribution in [2.24, 2.45) is 0 Å². The Morgan fingerprint density at radius 1 is 1.00 bits per heavy atom. The van der Waals surface area contributed by atoms with Crippen LogP contribution in [0.2, 0.25) is 0 Å². The second-order valence-electron chi connectivity index (χ2n) is 2.07. The van der Waals surface area contributed by atoms with E-state index in [1.54, 1.807) is 0 Å². The second-order valence-corrected chi connectivity index (χ2v) is 2.07. The summed E-state index contributed by atoms with van der Waals surface area (Å²) in [4.78, 5) is 0. The van der Waals surface area contributed by atoms with Crippen LogP contribution < -0.4 is 0 Å². The maximum absolute atomic E-state index is 5.11. The first-order chi connectivity index (χ1) is 3.97. The number of epoxide rings is 1. The van der Waals surface area contributed by atoms with Crippen LogP contribution in [0.1, 0.15) is 0 Å². The standard InChI is InChI=1S/C5H8O3/c1-4-5(8-4)2-7-3-6-1/h4-5H,1-3H2/t4-,5+. The Morgan fingerprint density at radius 3 is 2.25 bits per heavy atom. The zero-order chi connectivity index (χ0) is 5.40. The minimum Gasteiger partial charge on any atom is -0.365 e. The molecule has 8 heavy (non-hydrogen) atoms. The van der Waals surface area contributed by atoms with Gasteiger partial charge < -0.3 is 14.2 Å². The average Bonchev–Trinajstić information content (AvgIpc) is 2.36. The van der Waals surface area contributed by atoms with E-state index in [1.807, 2.05) is 0 Å². The van der Waals surface area contributed by atoms with Crippen molar-refractivity contribution in [1.29, 1.82) is 0 Å². The van der Waals surface area contributed by atoms with Gasteiger partial charge in [-0.15, -0.1) is 0 Å². The summed E-state index contributed by atoms with van der Waals surface area (Å²) in [7, 11) is 0. The van der Waals surface area contributed by atoms with E-state index in [2.05, 4.69) is 0 Å². The molecule has 2 rings (SSSR count). The monoisotopic (exact) mass is 116 g/mol. The third kappa shape index (κ3) is 0.727. The minimum absolute atomic E-state index is 0.345. The summed E-state index contributed by atoms with van der Waals surface area (Å²) < 4.78 is 15.1. The molecule has 2 atom stereocenters. The van der Waals surface area contributed by atoms with Crippen LogP contribution in [0.25, 0.3) is 0 Å². The van der Waals surface area contributed by atoms with Gasteiger partial charge in [0.1, 0.15) is 19.0 Å². The van der Waals surface area contributed by atoms with Gasteiger partial charge in [0.15, 0.2) is 0 Å². The van der Waals surface area contributed by atoms with Gasteiger partial charge in [0, 0.05) is 0 Å². The van der Waals surface area contributed by atoms with Gasteiger partial charge in [-0.25, -0.2) is 0 Å². The van der Waals surface area contributed by atoms with Gasteiger partial charge in [0.05, 0.1) is 13.2 Å². The van der Waals surface area contributed by atoms with Crippen LogP contribution in [0.3, 0.4) is 0 Å². The lowest BCUT2D eigenvalue weighted by Crippen LogP contribution is -2.00. The van der Waals surface area contributed by atoms with Gasteiger partial charge in [-0.3, -0.25) is 0 Å². The van der Waals surface area contributed by atoms with Crippen LogP contribution in [0.15, 0.2) is 0 Å². The Bertz CT molecular complexity index is 83.7. The molecule has 2 aliphatic heterocycles. The van der Waals surface area contributed by atoms with Crippen LogP contribution in [0.5, 0.6) is 0 Å². The highest BCUT2D eigenvalue weighted by atomic mass is 16.7. The highest BCUT2D eigenvalue weighted by Gasteiger charge is 2.40. The highest BCUT2D eigenvalue weighted by Crippen LogP contribution is 2.24. The van der Waals surface area contributed by atoms with Crippen LogP contribution in [0, 0.1) is 0 Å². The van der Waals surface area contributed by atoms with Gasteiger partial charge >= 0.3 is 0 Å². The van der Waals surface area contributed by atoms with Gasteiger partial charge in [0.2, 0.25) is 0 Å². The minimum atomic E-state index is 0.345. The van der Waals surface area contributed by atoms with Gasteiger partial charge in [-0.1, -0.05) is 0 Å². The van der Waals surface area contributed by atoms with Crippen molar-refractivity contribution >= 4 is 0 Å². The number of fused-ring (bicyclic) bond motifs is 1. The molecule has 2 heterocycles. The molecule has 0 saturated carbocycles. The van der Waals surface area contributed by atoms with Gasteiger partial charge in [-0.2, -0.15) is 0 Å². The van der Waals surface area contributed by atoms with Gasteiger partial charge in [-0.05, 0) is 0 Å². The molecule has 0 aromatic heterocycles. The topological polar surface area (TPSA) is 31.0 Å². The molecule has 3 nitrogen and oxygen atoms in total. The first-order valence-corrected chi connectivity index (χ1v) is 2.78. The van der Waals surface area contributed by atoms with E-state index >= 15 is 0 Å². The fourth-order valence-corrected chi connectivity index (χ4v) is 0.860. The van der Waals surface area contributed by atoms with Crippen molar-refractivity contribution in [3.63, 3.8) is 0 Å². The van der Waals surface area contributed by atoms with Crippen LogP contribution in [0.4, 0.5) is 0 Å². The molecule has 0 bridgehead atoms. The number of hydrogen-bond donors (Lipinski definition) is 0. The molecular formula is C5H8O3. The molecule has 0 amide bonds. The first kappa shape index (κ1) is 4.73. The van der Waals surface area contributed by atoms with Gasteiger partial charge in [0.25, 0.3) is 0 Å². The largest absolute Gasteiger partial charge is 0.365 e. The van der Waals surface area contributed by atoms with Crippen LogP contribution in [-0.4, -0.2) is 32.2 Å². The summed E-state index contributed by atoms with van der Waals surface area (Å²) in [5.74, 6) is 0. The Hall–Kier alpha value is -0.120. The van der Waals surface area contributed by atoms with E-state index in [1.165, 1.54) is 0 Å². The molecule has 2 aliphatic rings. The summed E-state index contributed by atoms with van der Waals surface area (Å²) in [6.07, 6.45) is 0.690. The molecule has 0 aromatic carbocycles. The maximum Gasteiger partial charge on any atom is 0.146 e. The maximum atomic E-state index is 5.11. The zero-order valence-electron chi connectivity index (χ0n) is 4.50. The summed E-state index contributed by atoms with van der Waals surface area (Å²) >= 11 is 0. The van der Waals surface area contributed by atoms with Crippen molar-refractivity contribution in [2.75, 3.05) is 20.0 Å². The van der Waals surface area contributed by atoms with Crippen molar-refractivity contribution in [2.45, 2.75) is 12.2 Å². The third-order valence-corrected chi connectivity index (χ3v) is 1.42. The lowest BCUT2D eigenvalue weighted by Gasteiger charge is -1.97. The Morgan fingerprint density at radius 2 is 1.62 bits per heavy atom. The quantitative estimate of drug-likeness (QED) is 0.409. The number of hydrogen-bond acceptors (Lipinski definition) is 3. The lowest BCUT2D eigenvalue weighted by molar-refractivity contribution is -0.0569. The fraction of sp³-hybridized carbons (Fsp3) is 1.00. The smallest absolute Gasteiger partial charge is 0.146 e. The molecule has 0 aliphatic carbocycles. The van der Waals surface area contributed by atoms with E-state index < -0.39 is 0 Å². The number of ether oxygens (including phenoxy) is 3. The van der Waals surface area contributed by atoms with E-state index in [-0.39, 0.29) is 0 Å². The van der Waals surface area contributed by atoms with E-state index in [0.29, 0.717) is 32.2 Å². The summed E-state index contributed by atoms with van der Waals surface area (Å²) in [5.41, 5.74) is 0. The van der Waals surface area contributed by atoms with Crippen LogP contribution >= 0.6 is 0 Å². The predicted molar refractivity (Wildman–Crippen MR) is 25.4 cm³/mol. The molecule has 0 unspecified atom stereocenters. The van der Waals surface area contributed by atoms with Crippen LogP contribution in [-0.2, 0) is 14.2 Å². The second kappa shape index (κ2) is 1.69. The van der Waals surface area contributed by atoms with Crippen molar-refractivity contribution in [3.05, 3.63) is 0 Å². The summed E-state index contributed by atoms with van der Waals surface area (Å²) in [5, 5.41) is 0. The van der Waals surface area contributed by atoms with Crippen molar-refractivity contribution in [3.8, 4) is 0 Å². The molecule has 46 valence electrons. The van der Waals surface area contributed by atoms with E-state index in [4.69, 9.17) is 14.2 Å². The molecule has 0 aromatic rings. The molecule has 2 saturated heterocycles. The molecule has 2 fully saturated rings. The Labute approximate surface area is 47.5 Å². The summed E-state index contributed by atoms with van der Waals surface area (Å²) in [6, 6.07) is 0.